The molecule has 1 N–H and O–H groups in total. The summed E-state index contributed by atoms with van der Waals surface area (Å²) in [5.41, 5.74) is 1.30. The van der Waals surface area contributed by atoms with Crippen LogP contribution in [-0.4, -0.2) is 16.7 Å². The summed E-state index contributed by atoms with van der Waals surface area (Å²) in [4.78, 5) is 15.4. The number of fused-ring (bicyclic) bond motifs is 1. The molecule has 0 saturated heterocycles. The van der Waals surface area contributed by atoms with Crippen LogP contribution >= 0.6 is 11.6 Å². The van der Waals surface area contributed by atoms with Gasteiger partial charge in [-0.2, -0.15) is 0 Å². The molecule has 4 rings (SSSR count). The zero-order valence-electron chi connectivity index (χ0n) is 13.9. The van der Waals surface area contributed by atoms with Crippen LogP contribution in [0, 0.1) is 6.57 Å². The van der Waals surface area contributed by atoms with Gasteiger partial charge in [0.1, 0.15) is 28.2 Å². The van der Waals surface area contributed by atoms with Crippen LogP contribution in [0.5, 0.6) is 17.2 Å². The van der Waals surface area contributed by atoms with E-state index >= 15 is 0 Å². The number of amides is 1. The number of carbonyl (C=O) groups excluding carboxylic acids is 1. The molecular weight excluding hydrogens is 388 g/mol. The van der Waals surface area contributed by atoms with Gasteiger partial charge in [0, 0.05) is 23.6 Å². The number of ether oxygens (including phenoxy) is 2. The van der Waals surface area contributed by atoms with Crippen LogP contribution in [0.2, 0.25) is 5.02 Å². The van der Waals surface area contributed by atoms with Gasteiger partial charge in [-0.3, -0.25) is 9.52 Å². The van der Waals surface area contributed by atoms with Gasteiger partial charge in [0.05, 0.1) is 23.1 Å². The predicted octanol–water partition coefficient (Wildman–Crippen LogP) is 4.23. The third kappa shape index (κ3) is 3.42. The summed E-state index contributed by atoms with van der Waals surface area (Å²) in [7, 11) is -1.51. The average Bonchev–Trinajstić information content (AvgIpc) is 3.00. The number of rotatable bonds is 3. The molecule has 0 aliphatic carbocycles. The minimum atomic E-state index is -1.51. The van der Waals surface area contributed by atoms with Gasteiger partial charge in [-0.25, -0.2) is 9.05 Å². The number of nitrogens with zero attached hydrogens (tertiary/aromatic N) is 1. The fourth-order valence-electron chi connectivity index (χ4n) is 3.09. The second-order valence-electron chi connectivity index (χ2n) is 6.00. The molecule has 2 aliphatic heterocycles. The molecule has 2 aromatic rings. The Balaban J connectivity index is 1.62. The summed E-state index contributed by atoms with van der Waals surface area (Å²) in [6.45, 7) is 7.46. The lowest BCUT2D eigenvalue weighted by Gasteiger charge is -2.26. The maximum Gasteiger partial charge on any atom is 0.256 e. The van der Waals surface area contributed by atoms with Gasteiger partial charge in [-0.05, 0) is 24.6 Å². The topological polar surface area (TPSA) is 69.0 Å². The highest BCUT2D eigenvalue weighted by molar-refractivity contribution is 7.88. The number of nitrogens with one attached hydrogen (secondary N) is 1. The van der Waals surface area contributed by atoms with Gasteiger partial charge in [0.15, 0.2) is 5.69 Å². The number of hydrogen-bond acceptors (Lipinski definition) is 4. The van der Waals surface area contributed by atoms with E-state index in [2.05, 4.69) is 9.57 Å². The molecule has 0 radical (unpaired) electrons. The van der Waals surface area contributed by atoms with E-state index in [9.17, 15) is 9.00 Å². The van der Waals surface area contributed by atoms with Crippen LogP contribution in [0.4, 0.5) is 5.69 Å². The summed E-state index contributed by atoms with van der Waals surface area (Å²) in [6, 6.07) is 10.2. The van der Waals surface area contributed by atoms with Crippen molar-refractivity contribution in [2.45, 2.75) is 12.3 Å². The standard InChI is InChI=1S/C19H13ClN2O4S/c1-21-11-2-5-16(15(20)8-11)26-12-3-4-13-14(6-7-25-17(13)9-12)18-10-19(23)22-27(18)24/h2-5,8-10,14H,6-7H2,(H,22,23). The summed E-state index contributed by atoms with van der Waals surface area (Å²) in [5.74, 6) is 1.10. The zero-order valence-corrected chi connectivity index (χ0v) is 15.5. The first-order valence-corrected chi connectivity index (χ1v) is 9.63. The van der Waals surface area contributed by atoms with Gasteiger partial charge in [0.2, 0.25) is 0 Å². The van der Waals surface area contributed by atoms with Crippen molar-refractivity contribution in [2.75, 3.05) is 6.61 Å². The lowest BCUT2D eigenvalue weighted by molar-refractivity contribution is -0.114. The maximum absolute atomic E-state index is 12.1. The first-order chi connectivity index (χ1) is 13.0. The highest BCUT2D eigenvalue weighted by Gasteiger charge is 2.32. The van der Waals surface area contributed by atoms with E-state index in [1.54, 1.807) is 30.3 Å². The van der Waals surface area contributed by atoms with Crippen molar-refractivity contribution >= 4 is 34.2 Å². The second kappa shape index (κ2) is 7.06. The summed E-state index contributed by atoms with van der Waals surface area (Å²) < 4.78 is 26.0. The highest BCUT2D eigenvalue weighted by atomic mass is 35.5. The van der Waals surface area contributed by atoms with E-state index in [0.29, 0.717) is 45.9 Å². The number of benzene rings is 2. The third-order valence-electron chi connectivity index (χ3n) is 4.32. The summed E-state index contributed by atoms with van der Waals surface area (Å²) >= 11 is 6.16. The molecule has 6 nitrogen and oxygen atoms in total. The number of carbonyl (C=O) groups is 1. The van der Waals surface area contributed by atoms with E-state index in [4.69, 9.17) is 27.6 Å². The quantitative estimate of drug-likeness (QED) is 0.783. The van der Waals surface area contributed by atoms with Crippen molar-refractivity contribution in [1.82, 2.24) is 4.72 Å². The third-order valence-corrected chi connectivity index (χ3v) is 5.83. The van der Waals surface area contributed by atoms with E-state index in [-0.39, 0.29) is 11.8 Å². The molecule has 0 bridgehead atoms. The van der Waals surface area contributed by atoms with Crippen molar-refractivity contribution in [3.8, 4) is 17.2 Å². The van der Waals surface area contributed by atoms with Crippen LogP contribution in [0.3, 0.4) is 0 Å². The van der Waals surface area contributed by atoms with Gasteiger partial charge < -0.3 is 9.47 Å². The van der Waals surface area contributed by atoms with Gasteiger partial charge >= 0.3 is 0 Å². The van der Waals surface area contributed by atoms with Crippen molar-refractivity contribution < 1.29 is 18.5 Å². The maximum atomic E-state index is 12.1. The fraction of sp³-hybridized carbons (Fsp3) is 0.158. The number of allylic oxidation sites excluding steroid dienone is 1. The van der Waals surface area contributed by atoms with Crippen LogP contribution < -0.4 is 14.2 Å². The van der Waals surface area contributed by atoms with Crippen LogP contribution in [0.25, 0.3) is 4.85 Å². The molecule has 0 fully saturated rings. The highest BCUT2D eigenvalue weighted by Crippen LogP contribution is 2.42. The van der Waals surface area contributed by atoms with Crippen molar-refractivity contribution in [1.29, 1.82) is 0 Å². The van der Waals surface area contributed by atoms with Crippen molar-refractivity contribution in [3.63, 3.8) is 0 Å². The lowest BCUT2D eigenvalue weighted by atomic mass is 9.92. The smallest absolute Gasteiger partial charge is 0.256 e. The molecule has 136 valence electrons. The Morgan fingerprint density at radius 3 is 2.85 bits per heavy atom. The minimum absolute atomic E-state index is 0.149. The molecule has 2 unspecified atom stereocenters. The monoisotopic (exact) mass is 400 g/mol. The summed E-state index contributed by atoms with van der Waals surface area (Å²) in [6.07, 6.45) is 2.04. The van der Waals surface area contributed by atoms with Gasteiger partial charge in [0.25, 0.3) is 5.91 Å². The molecule has 27 heavy (non-hydrogen) atoms. The van der Waals surface area contributed by atoms with Crippen LogP contribution in [0.15, 0.2) is 47.4 Å². The molecule has 1 amide bonds. The van der Waals surface area contributed by atoms with Crippen LogP contribution in [-0.2, 0) is 15.8 Å². The minimum Gasteiger partial charge on any atom is -0.493 e. The normalized spacial score (nSPS) is 20.7. The van der Waals surface area contributed by atoms with Crippen LogP contribution in [0.1, 0.15) is 17.9 Å². The number of hydrogen-bond donors (Lipinski definition) is 1. The van der Waals surface area contributed by atoms with Gasteiger partial charge in [-0.1, -0.05) is 23.7 Å². The molecule has 0 spiro atoms. The molecule has 2 heterocycles. The molecule has 8 heteroatoms. The molecular formula is C19H13ClN2O4S. The fourth-order valence-corrected chi connectivity index (χ4v) is 4.38. The molecule has 0 saturated carbocycles. The predicted molar refractivity (Wildman–Crippen MR) is 101 cm³/mol. The largest absolute Gasteiger partial charge is 0.493 e. The Labute approximate surface area is 163 Å². The van der Waals surface area contributed by atoms with E-state index in [1.165, 1.54) is 6.08 Å². The zero-order chi connectivity index (χ0) is 19.0. The molecule has 0 aromatic heterocycles. The average molecular weight is 401 g/mol. The SMILES string of the molecule is [C-]#[N+]c1ccc(Oc2ccc3c(c2)OCCC3C2=CC(=O)NS2=O)c(Cl)c1. The first kappa shape index (κ1) is 17.6. The van der Waals surface area contributed by atoms with E-state index in [1.807, 2.05) is 6.07 Å². The first-order valence-electron chi connectivity index (χ1n) is 8.11. The Kier molecular flexibility index (Phi) is 4.60. The van der Waals surface area contributed by atoms with E-state index in [0.717, 1.165) is 5.56 Å². The van der Waals surface area contributed by atoms with Crippen molar-refractivity contribution in [3.05, 3.63) is 69.4 Å². The Morgan fingerprint density at radius 2 is 2.15 bits per heavy atom. The summed E-state index contributed by atoms with van der Waals surface area (Å²) in [5, 5.41) is 0.344. The Morgan fingerprint density at radius 1 is 1.30 bits per heavy atom. The second-order valence-corrected chi connectivity index (χ2v) is 7.62. The van der Waals surface area contributed by atoms with Gasteiger partial charge in [-0.15, -0.1) is 0 Å². The van der Waals surface area contributed by atoms with Crippen molar-refractivity contribution in [2.24, 2.45) is 0 Å². The lowest BCUT2D eigenvalue weighted by Crippen LogP contribution is -2.21. The number of halogens is 1. The Bertz CT molecular complexity index is 1040. The molecule has 2 atom stereocenters. The van der Waals surface area contributed by atoms with E-state index < -0.39 is 11.0 Å². The Hall–Kier alpha value is -2.82. The molecule has 2 aromatic carbocycles. The molecule has 2 aliphatic rings.